The van der Waals surface area contributed by atoms with Crippen molar-refractivity contribution in [3.63, 3.8) is 0 Å². The number of guanidine groups is 1. The van der Waals surface area contributed by atoms with E-state index in [9.17, 15) is 4.79 Å². The van der Waals surface area contributed by atoms with Crippen LogP contribution in [0.1, 0.15) is 25.0 Å². The van der Waals surface area contributed by atoms with Crippen molar-refractivity contribution in [3.05, 3.63) is 29.3 Å². The maximum atomic E-state index is 12.2. The third kappa shape index (κ3) is 4.42. The van der Waals surface area contributed by atoms with Crippen molar-refractivity contribution < 1.29 is 4.79 Å². The summed E-state index contributed by atoms with van der Waals surface area (Å²) < 4.78 is 0. The molecule has 1 aromatic rings. The maximum absolute atomic E-state index is 12.2. The molecule has 5 nitrogen and oxygen atoms in total. The van der Waals surface area contributed by atoms with Gasteiger partial charge in [-0.15, -0.1) is 12.4 Å². The van der Waals surface area contributed by atoms with Crippen LogP contribution < -0.4 is 16.0 Å². The number of aryl methyl sites for hydroxylation is 2. The molecule has 0 saturated carbocycles. The third-order valence-electron chi connectivity index (χ3n) is 2.77. The van der Waals surface area contributed by atoms with Gasteiger partial charge in [-0.3, -0.25) is 5.41 Å². The quantitative estimate of drug-likeness (QED) is 0.592. The van der Waals surface area contributed by atoms with Crippen LogP contribution in [0.2, 0.25) is 0 Å². The predicted molar refractivity (Wildman–Crippen MR) is 85.8 cm³/mol. The Morgan fingerprint density at radius 3 is 2.25 bits per heavy atom. The van der Waals surface area contributed by atoms with E-state index >= 15 is 0 Å². The van der Waals surface area contributed by atoms with Crippen LogP contribution in [-0.4, -0.2) is 18.5 Å². The van der Waals surface area contributed by atoms with Gasteiger partial charge in [0.25, 0.3) is 0 Å². The summed E-state index contributed by atoms with van der Waals surface area (Å²) in [4.78, 5) is 13.4. The molecule has 6 heteroatoms. The van der Waals surface area contributed by atoms with Gasteiger partial charge in [0.1, 0.15) is 0 Å². The minimum absolute atomic E-state index is 0. The molecule has 0 aliphatic heterocycles. The summed E-state index contributed by atoms with van der Waals surface area (Å²) >= 11 is 0. The molecule has 0 radical (unpaired) electrons. The molecule has 0 spiro atoms. The zero-order valence-electron chi connectivity index (χ0n) is 12.4. The fourth-order valence-electron chi connectivity index (χ4n) is 1.86. The van der Waals surface area contributed by atoms with E-state index in [1.807, 2.05) is 45.9 Å². The van der Waals surface area contributed by atoms with Gasteiger partial charge in [-0.1, -0.05) is 32.0 Å². The Balaban J connectivity index is 0.00000361. The first-order valence-electron chi connectivity index (χ1n) is 6.32. The van der Waals surface area contributed by atoms with E-state index in [0.29, 0.717) is 18.2 Å². The Kier molecular flexibility index (Phi) is 7.07. The topological polar surface area (TPSA) is 82.2 Å². The van der Waals surface area contributed by atoms with Crippen molar-refractivity contribution in [1.29, 1.82) is 5.41 Å². The average molecular weight is 299 g/mol. The van der Waals surface area contributed by atoms with Crippen molar-refractivity contribution in [2.24, 2.45) is 11.7 Å². The number of carbonyl (C=O) groups is 1. The number of benzene rings is 1. The molecular weight excluding hydrogens is 276 g/mol. The molecule has 0 aliphatic rings. The van der Waals surface area contributed by atoms with Crippen LogP contribution in [0.25, 0.3) is 0 Å². The summed E-state index contributed by atoms with van der Waals surface area (Å²) in [5, 5.41) is 10.4. The smallest absolute Gasteiger partial charge is 0.328 e. The van der Waals surface area contributed by atoms with E-state index in [-0.39, 0.29) is 24.4 Å². The number of amides is 2. The average Bonchev–Trinajstić information content (AvgIpc) is 2.30. The molecule has 0 saturated heterocycles. The number of nitrogens with one attached hydrogen (secondary N) is 2. The van der Waals surface area contributed by atoms with Crippen LogP contribution in [0.3, 0.4) is 0 Å². The highest BCUT2D eigenvalue weighted by molar-refractivity contribution is 6.14. The van der Waals surface area contributed by atoms with E-state index in [4.69, 9.17) is 11.1 Å². The fourth-order valence-corrected chi connectivity index (χ4v) is 1.86. The molecule has 0 aromatic heterocycles. The predicted octanol–water partition coefficient (Wildman–Crippen LogP) is 2.79. The fraction of sp³-hybridized carbons (Fsp3) is 0.429. The Morgan fingerprint density at radius 2 is 1.85 bits per heavy atom. The minimum atomic E-state index is -0.362. The Bertz CT molecular complexity index is 468. The van der Waals surface area contributed by atoms with Gasteiger partial charge in [0.05, 0.1) is 5.69 Å². The monoisotopic (exact) mass is 298 g/mol. The Hall–Kier alpha value is -1.75. The number of para-hydroxylation sites is 1. The highest BCUT2D eigenvalue weighted by atomic mass is 35.5. The van der Waals surface area contributed by atoms with Gasteiger partial charge in [0.15, 0.2) is 0 Å². The molecule has 1 aromatic carbocycles. The van der Waals surface area contributed by atoms with Crippen LogP contribution in [0.5, 0.6) is 0 Å². The molecular formula is C14H23ClN4O. The number of nitrogens with two attached hydrogens (primary N) is 1. The van der Waals surface area contributed by atoms with Crippen LogP contribution in [-0.2, 0) is 0 Å². The standard InChI is InChI=1S/C14H22N4O.ClH/c1-9(2)8-17-14(19)18(13(15)16)12-10(3)6-5-7-11(12)4;/h5-7,9H,8H2,1-4H3,(H3,15,16)(H,17,19);1H. The van der Waals surface area contributed by atoms with Crippen molar-refractivity contribution in [2.45, 2.75) is 27.7 Å². The van der Waals surface area contributed by atoms with Gasteiger partial charge in [0.2, 0.25) is 5.96 Å². The van der Waals surface area contributed by atoms with Gasteiger partial charge in [-0.05, 0) is 30.9 Å². The summed E-state index contributed by atoms with van der Waals surface area (Å²) in [6.45, 7) is 8.37. The van der Waals surface area contributed by atoms with Gasteiger partial charge >= 0.3 is 6.03 Å². The summed E-state index contributed by atoms with van der Waals surface area (Å²) in [7, 11) is 0. The summed E-state index contributed by atoms with van der Waals surface area (Å²) in [6, 6.07) is 5.35. The summed E-state index contributed by atoms with van der Waals surface area (Å²) in [5.41, 5.74) is 8.06. The number of hydrogen-bond acceptors (Lipinski definition) is 2. The normalized spacial score (nSPS) is 9.85. The number of rotatable bonds is 3. The molecule has 112 valence electrons. The first-order chi connectivity index (χ1) is 8.84. The van der Waals surface area contributed by atoms with E-state index in [0.717, 1.165) is 11.1 Å². The lowest BCUT2D eigenvalue weighted by molar-refractivity contribution is 0.247. The molecule has 1 rings (SSSR count). The van der Waals surface area contributed by atoms with Crippen LogP contribution in [0.4, 0.5) is 10.5 Å². The largest absolute Gasteiger partial charge is 0.369 e. The molecule has 0 aliphatic carbocycles. The maximum Gasteiger partial charge on any atom is 0.328 e. The molecule has 0 atom stereocenters. The lowest BCUT2D eigenvalue weighted by Gasteiger charge is -2.25. The molecule has 0 fully saturated rings. The highest BCUT2D eigenvalue weighted by Crippen LogP contribution is 2.24. The second-order valence-electron chi connectivity index (χ2n) is 5.04. The molecule has 0 unspecified atom stereocenters. The van der Waals surface area contributed by atoms with Crippen molar-refractivity contribution in [1.82, 2.24) is 5.32 Å². The van der Waals surface area contributed by atoms with Gasteiger partial charge in [-0.2, -0.15) is 0 Å². The van der Waals surface area contributed by atoms with E-state index in [1.54, 1.807) is 0 Å². The lowest BCUT2D eigenvalue weighted by Crippen LogP contribution is -2.48. The number of halogens is 1. The van der Waals surface area contributed by atoms with Crippen LogP contribution >= 0.6 is 12.4 Å². The first kappa shape index (κ1) is 18.2. The number of hydrogen-bond donors (Lipinski definition) is 3. The Labute approximate surface area is 126 Å². The van der Waals surface area contributed by atoms with Crippen molar-refractivity contribution in [3.8, 4) is 0 Å². The number of nitrogens with zero attached hydrogens (tertiary/aromatic N) is 1. The van der Waals surface area contributed by atoms with Crippen molar-refractivity contribution in [2.75, 3.05) is 11.4 Å². The van der Waals surface area contributed by atoms with E-state index < -0.39 is 0 Å². The molecule has 20 heavy (non-hydrogen) atoms. The number of urea groups is 1. The van der Waals surface area contributed by atoms with E-state index in [2.05, 4.69) is 5.32 Å². The molecule has 0 heterocycles. The number of carbonyl (C=O) groups excluding carboxylic acids is 1. The second-order valence-corrected chi connectivity index (χ2v) is 5.04. The van der Waals surface area contributed by atoms with Gasteiger partial charge in [-0.25, -0.2) is 9.69 Å². The Morgan fingerprint density at radius 1 is 1.35 bits per heavy atom. The van der Waals surface area contributed by atoms with Crippen molar-refractivity contribution >= 4 is 30.1 Å². The van der Waals surface area contributed by atoms with Gasteiger partial charge < -0.3 is 11.1 Å². The van der Waals surface area contributed by atoms with E-state index in [1.165, 1.54) is 4.90 Å². The highest BCUT2D eigenvalue weighted by Gasteiger charge is 2.21. The molecule has 0 bridgehead atoms. The molecule has 2 amide bonds. The third-order valence-corrected chi connectivity index (χ3v) is 2.77. The first-order valence-corrected chi connectivity index (χ1v) is 6.32. The summed E-state index contributed by atoms with van der Waals surface area (Å²) in [5.74, 6) is 0.0642. The minimum Gasteiger partial charge on any atom is -0.369 e. The van der Waals surface area contributed by atoms with Crippen LogP contribution in [0.15, 0.2) is 18.2 Å². The summed E-state index contributed by atoms with van der Waals surface area (Å²) in [6.07, 6.45) is 0. The van der Waals surface area contributed by atoms with Gasteiger partial charge in [0, 0.05) is 6.54 Å². The lowest BCUT2D eigenvalue weighted by atomic mass is 10.1. The second kappa shape index (κ2) is 7.75. The van der Waals surface area contributed by atoms with Crippen LogP contribution in [0, 0.1) is 25.2 Å². The SMILES string of the molecule is Cc1cccc(C)c1N(C(=N)N)C(=O)NCC(C)C.Cl. The molecule has 4 N–H and O–H groups in total. The zero-order valence-corrected chi connectivity index (χ0v) is 13.2. The number of anilines is 1. The zero-order chi connectivity index (χ0) is 14.6.